The first kappa shape index (κ1) is 25.2. The molecule has 2 bridgehead atoms. The van der Waals surface area contributed by atoms with Gasteiger partial charge >= 0.3 is 0 Å². The average molecular weight is 476 g/mol. The van der Waals surface area contributed by atoms with E-state index in [4.69, 9.17) is 9.47 Å². The summed E-state index contributed by atoms with van der Waals surface area (Å²) in [6, 6.07) is -0.683. The van der Waals surface area contributed by atoms with Crippen molar-refractivity contribution in [2.24, 2.45) is 17.8 Å². The lowest BCUT2D eigenvalue weighted by atomic mass is 9.73. The van der Waals surface area contributed by atoms with E-state index in [1.807, 2.05) is 39.8 Å². The van der Waals surface area contributed by atoms with Crippen LogP contribution in [0.5, 0.6) is 0 Å². The molecule has 3 aliphatic heterocycles. The Morgan fingerprint density at radius 2 is 1.97 bits per heavy atom. The smallest absolute Gasteiger partial charge is 0.246 e. The van der Waals surface area contributed by atoms with E-state index in [1.165, 1.54) is 6.42 Å². The minimum atomic E-state index is -1.11. The second-order valence-corrected chi connectivity index (χ2v) is 11.4. The van der Waals surface area contributed by atoms with Crippen LogP contribution in [0.1, 0.15) is 66.7 Å². The zero-order chi connectivity index (χ0) is 24.7. The maximum atomic E-state index is 13.8. The van der Waals surface area contributed by atoms with Gasteiger partial charge in [-0.15, -0.1) is 0 Å². The van der Waals surface area contributed by atoms with Gasteiger partial charge < -0.3 is 25.0 Å². The number of rotatable bonds is 8. The summed E-state index contributed by atoms with van der Waals surface area (Å²) >= 11 is 0. The van der Waals surface area contributed by atoms with Gasteiger partial charge in [0.25, 0.3) is 0 Å². The molecule has 8 heteroatoms. The first-order chi connectivity index (χ1) is 16.1. The van der Waals surface area contributed by atoms with Gasteiger partial charge in [0.15, 0.2) is 0 Å². The van der Waals surface area contributed by atoms with Crippen molar-refractivity contribution in [1.29, 1.82) is 0 Å². The molecular weight excluding hydrogens is 434 g/mol. The maximum Gasteiger partial charge on any atom is 0.246 e. The Morgan fingerprint density at radius 3 is 2.65 bits per heavy atom. The molecule has 3 amide bonds. The van der Waals surface area contributed by atoms with Crippen molar-refractivity contribution in [2.45, 2.75) is 96.1 Å². The van der Waals surface area contributed by atoms with Crippen LogP contribution in [0.25, 0.3) is 0 Å². The molecule has 0 aromatic heterocycles. The van der Waals surface area contributed by atoms with Gasteiger partial charge in [-0.25, -0.2) is 0 Å². The van der Waals surface area contributed by atoms with Crippen molar-refractivity contribution in [2.75, 3.05) is 19.8 Å². The van der Waals surface area contributed by atoms with Crippen LogP contribution in [0.2, 0.25) is 0 Å². The molecule has 1 aliphatic carbocycles. The Morgan fingerprint density at radius 1 is 1.24 bits per heavy atom. The van der Waals surface area contributed by atoms with Crippen LogP contribution in [0.15, 0.2) is 12.2 Å². The van der Waals surface area contributed by atoms with E-state index >= 15 is 0 Å². The highest BCUT2D eigenvalue weighted by Crippen LogP contribution is 2.55. The molecule has 7 atom stereocenters. The Labute approximate surface area is 203 Å². The van der Waals surface area contributed by atoms with Crippen LogP contribution in [-0.4, -0.2) is 71.7 Å². The van der Waals surface area contributed by atoms with Crippen LogP contribution in [0.4, 0.5) is 0 Å². The van der Waals surface area contributed by atoms with Crippen molar-refractivity contribution in [1.82, 2.24) is 15.5 Å². The Bertz CT molecular complexity index is 837. The molecular formula is C26H41N3O5. The summed E-state index contributed by atoms with van der Waals surface area (Å²) in [6.45, 7) is 11.4. The lowest BCUT2D eigenvalue weighted by Gasteiger charge is -2.34. The third-order valence-electron chi connectivity index (χ3n) is 7.75. The van der Waals surface area contributed by atoms with Gasteiger partial charge in [0.05, 0.1) is 17.9 Å². The standard InChI is InChI=1S/C26H41N3O5/c1-6-33-15-9-14-29-21(23(31)28-25(3,4)5)26-13-12-18(34-26)19(20(26)24(29)32)22(30)27-17-11-8-7-10-16(17)2/h12-13,16-21H,6-11,14-15H2,1-5H3,(H,27,30)(H,28,31)/t16-,17+,18+,19-,20+,21-,26+/m0/s1. The SMILES string of the molecule is CCOCCCN1C(=O)[C@H]2[C@@H](C(=O)N[C@@H]3CCCC[C@@H]3C)[C@H]3C=C[C@]2(O3)[C@@H]1C(=O)NC(C)(C)C. The summed E-state index contributed by atoms with van der Waals surface area (Å²) in [5.74, 6) is -1.43. The van der Waals surface area contributed by atoms with Crippen LogP contribution < -0.4 is 10.6 Å². The number of ether oxygens (including phenoxy) is 2. The van der Waals surface area contributed by atoms with Crippen LogP contribution in [0, 0.1) is 17.8 Å². The lowest BCUT2D eigenvalue weighted by Crippen LogP contribution is -2.58. The minimum absolute atomic E-state index is 0.124. The number of amides is 3. The predicted octanol–water partition coefficient (Wildman–Crippen LogP) is 2.17. The summed E-state index contributed by atoms with van der Waals surface area (Å²) in [5.41, 5.74) is -1.57. The Hall–Kier alpha value is -1.93. The quantitative estimate of drug-likeness (QED) is 0.414. The molecule has 4 rings (SSSR count). The number of likely N-dealkylation sites (tertiary alicyclic amines) is 1. The fourth-order valence-corrected chi connectivity index (χ4v) is 6.24. The molecule has 0 aromatic rings. The maximum absolute atomic E-state index is 13.8. The van der Waals surface area contributed by atoms with Crippen molar-refractivity contribution in [3.05, 3.63) is 12.2 Å². The number of nitrogens with one attached hydrogen (secondary N) is 2. The van der Waals surface area contributed by atoms with Crippen molar-refractivity contribution >= 4 is 17.7 Å². The third kappa shape index (κ3) is 4.51. The first-order valence-electron chi connectivity index (χ1n) is 13.0. The van der Waals surface area contributed by atoms with Crippen molar-refractivity contribution in [3.63, 3.8) is 0 Å². The zero-order valence-corrected chi connectivity index (χ0v) is 21.3. The fourth-order valence-electron chi connectivity index (χ4n) is 6.24. The highest BCUT2D eigenvalue weighted by Gasteiger charge is 2.72. The number of carbonyl (C=O) groups is 3. The molecule has 4 aliphatic rings. The highest BCUT2D eigenvalue weighted by atomic mass is 16.5. The topological polar surface area (TPSA) is 97.0 Å². The predicted molar refractivity (Wildman–Crippen MR) is 128 cm³/mol. The number of carbonyl (C=O) groups excluding carboxylic acids is 3. The molecule has 0 aromatic carbocycles. The fraction of sp³-hybridized carbons (Fsp3) is 0.808. The minimum Gasteiger partial charge on any atom is -0.382 e. The average Bonchev–Trinajstić information content (AvgIpc) is 3.39. The zero-order valence-electron chi connectivity index (χ0n) is 21.3. The highest BCUT2D eigenvalue weighted by molar-refractivity contribution is 6.00. The molecule has 3 fully saturated rings. The van der Waals surface area contributed by atoms with Gasteiger partial charge in [-0.05, 0) is 52.9 Å². The lowest BCUT2D eigenvalue weighted by molar-refractivity contribution is -0.142. The van der Waals surface area contributed by atoms with Gasteiger partial charge in [0, 0.05) is 31.3 Å². The van der Waals surface area contributed by atoms with E-state index in [2.05, 4.69) is 17.6 Å². The molecule has 1 spiro atoms. The molecule has 0 unspecified atom stereocenters. The molecule has 190 valence electrons. The monoisotopic (exact) mass is 475 g/mol. The first-order valence-corrected chi connectivity index (χ1v) is 13.0. The number of fused-ring (bicyclic) bond motifs is 1. The van der Waals surface area contributed by atoms with Gasteiger partial charge in [0.1, 0.15) is 11.6 Å². The molecule has 1 saturated carbocycles. The van der Waals surface area contributed by atoms with E-state index < -0.39 is 35.1 Å². The second-order valence-electron chi connectivity index (χ2n) is 11.4. The van der Waals surface area contributed by atoms with Crippen molar-refractivity contribution < 1.29 is 23.9 Å². The largest absolute Gasteiger partial charge is 0.382 e. The number of hydrogen-bond donors (Lipinski definition) is 2. The van der Waals surface area contributed by atoms with Gasteiger partial charge in [-0.1, -0.05) is 31.9 Å². The van der Waals surface area contributed by atoms with E-state index in [0.717, 1.165) is 19.3 Å². The summed E-state index contributed by atoms with van der Waals surface area (Å²) < 4.78 is 11.8. The van der Waals surface area contributed by atoms with Gasteiger partial charge in [-0.2, -0.15) is 0 Å². The van der Waals surface area contributed by atoms with E-state index in [1.54, 1.807) is 4.90 Å². The van der Waals surface area contributed by atoms with E-state index in [-0.39, 0.29) is 23.8 Å². The van der Waals surface area contributed by atoms with E-state index in [0.29, 0.717) is 32.1 Å². The number of nitrogens with zero attached hydrogens (tertiary/aromatic N) is 1. The summed E-state index contributed by atoms with van der Waals surface area (Å²) in [7, 11) is 0. The van der Waals surface area contributed by atoms with Crippen LogP contribution in [-0.2, 0) is 23.9 Å². The third-order valence-corrected chi connectivity index (χ3v) is 7.75. The Balaban J connectivity index is 1.59. The number of hydrogen-bond acceptors (Lipinski definition) is 5. The Kier molecular flexibility index (Phi) is 7.11. The molecule has 0 radical (unpaired) electrons. The molecule has 2 saturated heterocycles. The van der Waals surface area contributed by atoms with Gasteiger partial charge in [-0.3, -0.25) is 14.4 Å². The summed E-state index contributed by atoms with van der Waals surface area (Å²) in [6.07, 6.45) is 8.23. The molecule has 8 nitrogen and oxygen atoms in total. The summed E-state index contributed by atoms with van der Waals surface area (Å²) in [5, 5.41) is 6.28. The normalized spacial score (nSPS) is 36.6. The summed E-state index contributed by atoms with van der Waals surface area (Å²) in [4.78, 5) is 42.5. The molecule has 2 N–H and O–H groups in total. The second kappa shape index (κ2) is 9.61. The van der Waals surface area contributed by atoms with E-state index in [9.17, 15) is 14.4 Å². The van der Waals surface area contributed by atoms with Crippen LogP contribution in [0.3, 0.4) is 0 Å². The molecule has 34 heavy (non-hydrogen) atoms. The molecule has 3 heterocycles. The van der Waals surface area contributed by atoms with Crippen LogP contribution >= 0.6 is 0 Å². The van der Waals surface area contributed by atoms with Gasteiger partial charge in [0.2, 0.25) is 17.7 Å². The van der Waals surface area contributed by atoms with Crippen molar-refractivity contribution in [3.8, 4) is 0 Å².